The zero-order chi connectivity index (χ0) is 14.6. The molecule has 4 heteroatoms. The summed E-state index contributed by atoms with van der Waals surface area (Å²) in [5, 5.41) is 1.94. The summed E-state index contributed by atoms with van der Waals surface area (Å²) in [5.74, 6) is 0.220. The van der Waals surface area contributed by atoms with E-state index < -0.39 is 0 Å². The van der Waals surface area contributed by atoms with Gasteiger partial charge in [-0.25, -0.2) is 4.98 Å². The zero-order valence-electron chi connectivity index (χ0n) is 12.0. The first kappa shape index (κ1) is 12.8. The molecule has 2 heterocycles. The molecule has 0 spiro atoms. The molecule has 0 saturated heterocycles. The van der Waals surface area contributed by atoms with Gasteiger partial charge in [0.05, 0.1) is 16.1 Å². The Labute approximate surface area is 126 Å². The summed E-state index contributed by atoms with van der Waals surface area (Å²) in [6, 6.07) is 7.92. The van der Waals surface area contributed by atoms with Gasteiger partial charge in [-0.15, -0.1) is 11.3 Å². The number of carbonyl (C=O) groups excluding carboxylic acids is 1. The molecule has 0 N–H and O–H groups in total. The van der Waals surface area contributed by atoms with Crippen molar-refractivity contribution in [1.82, 2.24) is 4.98 Å². The van der Waals surface area contributed by atoms with Crippen molar-refractivity contribution in [1.29, 1.82) is 0 Å². The van der Waals surface area contributed by atoms with Crippen LogP contribution in [-0.4, -0.2) is 10.8 Å². The van der Waals surface area contributed by atoms with E-state index in [4.69, 9.17) is 9.40 Å². The number of fused-ring (bicyclic) bond motifs is 2. The van der Waals surface area contributed by atoms with Crippen LogP contribution in [-0.2, 0) is 6.42 Å². The van der Waals surface area contributed by atoms with Crippen LogP contribution < -0.4 is 0 Å². The van der Waals surface area contributed by atoms with Crippen LogP contribution in [0.25, 0.3) is 21.5 Å². The van der Waals surface area contributed by atoms with E-state index >= 15 is 0 Å². The molecule has 2 aromatic heterocycles. The molecule has 0 unspecified atom stereocenters. The van der Waals surface area contributed by atoms with Crippen LogP contribution in [0.2, 0.25) is 0 Å². The van der Waals surface area contributed by atoms with Gasteiger partial charge in [0.15, 0.2) is 5.78 Å². The third-order valence-electron chi connectivity index (χ3n) is 3.95. The summed E-state index contributed by atoms with van der Waals surface area (Å²) in [5.41, 5.74) is 2.79. The monoisotopic (exact) mass is 297 g/mol. The molecule has 0 radical (unpaired) electrons. The number of furan rings is 1. The lowest BCUT2D eigenvalue weighted by Crippen LogP contribution is -2.25. The zero-order valence-corrected chi connectivity index (χ0v) is 12.8. The molecule has 0 fully saturated rings. The van der Waals surface area contributed by atoms with E-state index in [1.165, 1.54) is 11.3 Å². The molecule has 4 rings (SSSR count). The van der Waals surface area contributed by atoms with Gasteiger partial charge in [0, 0.05) is 11.8 Å². The number of ketones is 1. The number of para-hydroxylation sites is 1. The van der Waals surface area contributed by atoms with Crippen molar-refractivity contribution in [3.63, 3.8) is 0 Å². The van der Waals surface area contributed by atoms with Crippen LogP contribution in [0.15, 0.2) is 34.9 Å². The summed E-state index contributed by atoms with van der Waals surface area (Å²) >= 11 is 1.50. The fourth-order valence-corrected chi connectivity index (χ4v) is 4.02. The third-order valence-corrected chi connectivity index (χ3v) is 5.12. The van der Waals surface area contributed by atoms with Gasteiger partial charge in [-0.3, -0.25) is 4.79 Å². The number of hydrogen-bond donors (Lipinski definition) is 0. The van der Waals surface area contributed by atoms with Crippen molar-refractivity contribution < 1.29 is 9.21 Å². The van der Waals surface area contributed by atoms with Crippen molar-refractivity contribution in [2.75, 3.05) is 0 Å². The quantitative estimate of drug-likeness (QED) is 0.653. The summed E-state index contributed by atoms with van der Waals surface area (Å²) < 4.78 is 5.58. The van der Waals surface area contributed by atoms with Gasteiger partial charge in [0.2, 0.25) is 0 Å². The van der Waals surface area contributed by atoms with E-state index in [1.54, 1.807) is 6.26 Å². The van der Waals surface area contributed by atoms with Gasteiger partial charge in [0.1, 0.15) is 16.9 Å². The minimum absolute atomic E-state index is 0.00783. The van der Waals surface area contributed by atoms with Crippen molar-refractivity contribution in [3.8, 4) is 10.6 Å². The van der Waals surface area contributed by atoms with Crippen LogP contribution in [0.1, 0.15) is 35.6 Å². The van der Waals surface area contributed by atoms with E-state index in [1.807, 2.05) is 24.3 Å². The van der Waals surface area contributed by atoms with Crippen molar-refractivity contribution in [2.24, 2.45) is 5.41 Å². The van der Waals surface area contributed by atoms with Crippen LogP contribution in [0.5, 0.6) is 0 Å². The molecule has 21 heavy (non-hydrogen) atoms. The topological polar surface area (TPSA) is 43.1 Å². The number of carbonyl (C=O) groups is 1. The number of thiazole rings is 1. The number of aromatic nitrogens is 1. The maximum Gasteiger partial charge on any atom is 0.175 e. The third kappa shape index (κ3) is 2.02. The molecule has 106 valence electrons. The Bertz CT molecular complexity index is 857. The molecule has 0 aliphatic heterocycles. The van der Waals surface area contributed by atoms with Crippen LogP contribution in [0.4, 0.5) is 0 Å². The Morgan fingerprint density at radius 2 is 2.05 bits per heavy atom. The predicted molar refractivity (Wildman–Crippen MR) is 83.8 cm³/mol. The average Bonchev–Trinajstić information content (AvgIpc) is 3.00. The molecule has 3 aromatic rings. The van der Waals surface area contributed by atoms with E-state index in [-0.39, 0.29) is 11.2 Å². The fourth-order valence-electron chi connectivity index (χ4n) is 2.98. The second-order valence-electron chi connectivity index (χ2n) is 6.38. The Balaban J connectivity index is 1.87. The van der Waals surface area contributed by atoms with Gasteiger partial charge >= 0.3 is 0 Å². The first-order chi connectivity index (χ1) is 10.0. The summed E-state index contributed by atoms with van der Waals surface area (Å²) in [6.07, 6.45) is 3.21. The molecule has 1 aliphatic rings. The highest BCUT2D eigenvalue weighted by molar-refractivity contribution is 7.17. The van der Waals surface area contributed by atoms with E-state index in [9.17, 15) is 4.79 Å². The van der Waals surface area contributed by atoms with Crippen molar-refractivity contribution >= 4 is 28.1 Å². The second-order valence-corrected chi connectivity index (χ2v) is 7.38. The van der Waals surface area contributed by atoms with Gasteiger partial charge in [-0.2, -0.15) is 0 Å². The van der Waals surface area contributed by atoms with Crippen LogP contribution in [0.3, 0.4) is 0 Å². The highest BCUT2D eigenvalue weighted by Crippen LogP contribution is 2.41. The van der Waals surface area contributed by atoms with Crippen LogP contribution >= 0.6 is 11.3 Å². The number of benzene rings is 1. The largest absolute Gasteiger partial charge is 0.464 e. The smallest absolute Gasteiger partial charge is 0.175 e. The Morgan fingerprint density at radius 1 is 1.24 bits per heavy atom. The average molecular weight is 297 g/mol. The molecule has 0 saturated carbocycles. The Morgan fingerprint density at radius 3 is 2.90 bits per heavy atom. The minimum atomic E-state index is 0.00783. The second kappa shape index (κ2) is 4.28. The fraction of sp³-hybridized carbons (Fsp3) is 0.294. The Hall–Kier alpha value is -1.94. The normalized spacial score (nSPS) is 17.1. The van der Waals surface area contributed by atoms with Crippen molar-refractivity contribution in [2.45, 2.75) is 26.7 Å². The number of Topliss-reactive ketones (excluding diaryl/α,β-unsaturated/α-hetero) is 1. The van der Waals surface area contributed by atoms with Gasteiger partial charge in [0.25, 0.3) is 0 Å². The predicted octanol–water partition coefficient (Wildman–Crippen LogP) is 4.71. The molecular formula is C17H15NO2S. The lowest BCUT2D eigenvalue weighted by Gasteiger charge is -2.26. The van der Waals surface area contributed by atoms with E-state index in [0.717, 1.165) is 38.5 Å². The highest BCUT2D eigenvalue weighted by Gasteiger charge is 2.34. The lowest BCUT2D eigenvalue weighted by atomic mass is 9.78. The molecule has 0 amide bonds. The van der Waals surface area contributed by atoms with Gasteiger partial charge < -0.3 is 4.42 Å². The van der Waals surface area contributed by atoms with Crippen molar-refractivity contribution in [3.05, 3.63) is 41.1 Å². The number of hydrogen-bond acceptors (Lipinski definition) is 4. The molecule has 1 aromatic carbocycles. The summed E-state index contributed by atoms with van der Waals surface area (Å²) in [7, 11) is 0. The van der Waals surface area contributed by atoms with Gasteiger partial charge in [-0.1, -0.05) is 32.0 Å². The summed E-state index contributed by atoms with van der Waals surface area (Å²) in [4.78, 5) is 17.9. The SMILES string of the molecule is CC1(C)CC(=O)c2sc(-c3coc4ccccc34)nc2C1. The standard InChI is InChI=1S/C17H15NO2S/c1-17(2)7-12-15(13(19)8-17)21-16(18-12)11-9-20-14-6-4-3-5-10(11)14/h3-6,9H,7-8H2,1-2H3. The molecule has 0 atom stereocenters. The van der Waals surface area contributed by atoms with E-state index in [2.05, 4.69) is 13.8 Å². The number of nitrogens with zero attached hydrogens (tertiary/aromatic N) is 1. The van der Waals surface area contributed by atoms with Gasteiger partial charge in [-0.05, 0) is 17.9 Å². The summed E-state index contributed by atoms with van der Waals surface area (Å²) in [6.45, 7) is 4.25. The lowest BCUT2D eigenvalue weighted by molar-refractivity contribution is 0.0916. The number of rotatable bonds is 1. The minimum Gasteiger partial charge on any atom is -0.464 e. The van der Waals surface area contributed by atoms with E-state index in [0.29, 0.717) is 6.42 Å². The maximum absolute atomic E-state index is 12.3. The molecule has 0 bridgehead atoms. The first-order valence-electron chi connectivity index (χ1n) is 7.03. The molecule has 1 aliphatic carbocycles. The van der Waals surface area contributed by atoms with Crippen LogP contribution in [0, 0.1) is 5.41 Å². The first-order valence-corrected chi connectivity index (χ1v) is 7.85. The highest BCUT2D eigenvalue weighted by atomic mass is 32.1. The molecular weight excluding hydrogens is 282 g/mol. The Kier molecular flexibility index (Phi) is 2.60. The maximum atomic E-state index is 12.3. The molecule has 3 nitrogen and oxygen atoms in total.